The number of hydrogen-bond donors (Lipinski definition) is 4. The van der Waals surface area contributed by atoms with E-state index < -0.39 is 6.04 Å². The minimum absolute atomic E-state index is 0.112. The molecule has 11 heteroatoms. The molecule has 0 spiro atoms. The van der Waals surface area contributed by atoms with Crippen LogP contribution in [0, 0.1) is 0 Å². The van der Waals surface area contributed by atoms with Crippen molar-refractivity contribution in [2.24, 2.45) is 0 Å². The molecular formula is C51H63N5O6. The van der Waals surface area contributed by atoms with Gasteiger partial charge in [-0.05, 0) is 86.0 Å². The van der Waals surface area contributed by atoms with Crippen molar-refractivity contribution in [3.05, 3.63) is 149 Å². The van der Waals surface area contributed by atoms with Gasteiger partial charge in [0.15, 0.2) is 11.5 Å². The van der Waals surface area contributed by atoms with Gasteiger partial charge in [0.2, 0.25) is 5.75 Å². The maximum absolute atomic E-state index is 11.2. The minimum Gasteiger partial charge on any atom is -0.505 e. The van der Waals surface area contributed by atoms with E-state index in [4.69, 9.17) is 18.9 Å². The summed E-state index contributed by atoms with van der Waals surface area (Å²) in [6.07, 6.45) is 10.0. The minimum atomic E-state index is -0.458. The average Bonchev–Trinajstić information content (AvgIpc) is 3.84. The number of nitrogens with one attached hydrogen (secondary N) is 2. The van der Waals surface area contributed by atoms with Crippen molar-refractivity contribution in [1.29, 1.82) is 0 Å². The van der Waals surface area contributed by atoms with Gasteiger partial charge in [-0.2, -0.15) is 0 Å². The lowest BCUT2D eigenvalue weighted by Crippen LogP contribution is -2.32. The third kappa shape index (κ3) is 11.3. The number of dihydropyridines is 1. The van der Waals surface area contributed by atoms with Gasteiger partial charge in [-0.25, -0.2) is 0 Å². The number of likely N-dealkylation sites (tertiary alicyclic amines) is 1. The van der Waals surface area contributed by atoms with Crippen LogP contribution >= 0.6 is 0 Å². The lowest BCUT2D eigenvalue weighted by Gasteiger charge is -2.28. The van der Waals surface area contributed by atoms with Crippen LogP contribution in [0.4, 0.5) is 0 Å². The Morgan fingerprint density at radius 2 is 1.42 bits per heavy atom. The van der Waals surface area contributed by atoms with Crippen LogP contribution in [0.5, 0.6) is 28.7 Å². The molecule has 0 amide bonds. The van der Waals surface area contributed by atoms with E-state index in [2.05, 4.69) is 49.8 Å². The van der Waals surface area contributed by atoms with Crippen molar-refractivity contribution in [3.63, 3.8) is 0 Å². The molecule has 2 aromatic heterocycles. The average molecular weight is 842 g/mol. The summed E-state index contributed by atoms with van der Waals surface area (Å²) in [6.45, 7) is 14.8. The summed E-state index contributed by atoms with van der Waals surface area (Å²) >= 11 is 0. The molecule has 2 aliphatic heterocycles. The van der Waals surface area contributed by atoms with Crippen LogP contribution in [0.2, 0.25) is 0 Å². The Balaban J connectivity index is 0.000000221. The van der Waals surface area contributed by atoms with Crippen LogP contribution in [-0.4, -0.2) is 66.0 Å². The second-order valence-electron chi connectivity index (χ2n) is 14.4. The molecule has 8 rings (SSSR count). The summed E-state index contributed by atoms with van der Waals surface area (Å²) in [6, 6.07) is 27.1. The molecule has 11 nitrogen and oxygen atoms in total. The third-order valence-electron chi connectivity index (χ3n) is 10.5. The topological polar surface area (TPSA) is 130 Å². The summed E-state index contributed by atoms with van der Waals surface area (Å²) in [5.74, 6) is 2.82. The molecular weight excluding hydrogens is 779 g/mol. The first-order valence-electron chi connectivity index (χ1n) is 21.5. The van der Waals surface area contributed by atoms with Crippen molar-refractivity contribution in [2.45, 2.75) is 73.3 Å². The number of ether oxygens (including phenoxy) is 4. The van der Waals surface area contributed by atoms with Crippen molar-refractivity contribution in [2.75, 3.05) is 41.0 Å². The Bertz CT molecular complexity index is 2410. The molecule has 328 valence electrons. The number of aromatic hydroxyl groups is 2. The smallest absolute Gasteiger partial charge is 0.203 e. The lowest BCUT2D eigenvalue weighted by molar-refractivity contribution is 0.108. The van der Waals surface area contributed by atoms with E-state index in [1.54, 1.807) is 33.7 Å². The molecule has 0 saturated carbocycles. The zero-order chi connectivity index (χ0) is 44.4. The van der Waals surface area contributed by atoms with Gasteiger partial charge in [-0.15, -0.1) is 0 Å². The van der Waals surface area contributed by atoms with Crippen LogP contribution in [0.1, 0.15) is 81.3 Å². The first-order chi connectivity index (χ1) is 30.4. The van der Waals surface area contributed by atoms with E-state index in [0.29, 0.717) is 59.4 Å². The molecule has 0 radical (unpaired) electrons. The zero-order valence-electron chi connectivity index (χ0n) is 37.5. The van der Waals surface area contributed by atoms with E-state index in [0.717, 1.165) is 64.1 Å². The number of allylic oxidation sites excluding steroid dienone is 2. The van der Waals surface area contributed by atoms with E-state index in [1.807, 2.05) is 107 Å². The fourth-order valence-corrected chi connectivity index (χ4v) is 7.60. The normalized spacial score (nSPS) is 13.7. The highest BCUT2D eigenvalue weighted by Crippen LogP contribution is 2.45. The summed E-state index contributed by atoms with van der Waals surface area (Å²) in [7, 11) is 4.74. The maximum atomic E-state index is 11.2. The van der Waals surface area contributed by atoms with Crippen LogP contribution < -0.4 is 24.8 Å². The maximum Gasteiger partial charge on any atom is 0.203 e. The Kier molecular flexibility index (Phi) is 17.8. The van der Waals surface area contributed by atoms with Crippen molar-refractivity contribution in [1.82, 2.24) is 25.5 Å². The van der Waals surface area contributed by atoms with Crippen molar-refractivity contribution >= 4 is 21.8 Å². The molecule has 1 saturated heterocycles. The molecule has 4 N–H and O–H groups in total. The van der Waals surface area contributed by atoms with Crippen LogP contribution in [0.15, 0.2) is 121 Å². The number of phenols is 2. The second kappa shape index (κ2) is 23.6. The Morgan fingerprint density at radius 3 is 2.11 bits per heavy atom. The van der Waals surface area contributed by atoms with Crippen molar-refractivity contribution in [3.8, 4) is 28.7 Å². The largest absolute Gasteiger partial charge is 0.505 e. The number of methoxy groups -OCH3 is 3. The second-order valence-corrected chi connectivity index (χ2v) is 14.4. The number of fused-ring (bicyclic) bond motifs is 2. The van der Waals surface area contributed by atoms with E-state index in [1.165, 1.54) is 12.8 Å². The van der Waals surface area contributed by atoms with Gasteiger partial charge < -0.3 is 39.8 Å². The Hall–Kier alpha value is -6.30. The summed E-state index contributed by atoms with van der Waals surface area (Å²) in [4.78, 5) is 11.2. The predicted molar refractivity (Wildman–Crippen MR) is 250 cm³/mol. The van der Waals surface area contributed by atoms with Crippen molar-refractivity contribution < 1.29 is 29.2 Å². The van der Waals surface area contributed by atoms with Gasteiger partial charge in [-0.1, -0.05) is 88.4 Å². The fraction of sp³-hybridized carbons (Fsp3) is 0.333. The molecule has 62 heavy (non-hydrogen) atoms. The molecule has 1 unspecified atom stereocenters. The molecule has 4 heterocycles. The van der Waals surface area contributed by atoms with Gasteiger partial charge in [-0.3, -0.25) is 14.9 Å². The third-order valence-corrected chi connectivity index (χ3v) is 10.5. The van der Waals surface area contributed by atoms with Gasteiger partial charge >= 0.3 is 0 Å². The number of benzene rings is 4. The molecule has 6 aromatic rings. The SMILES string of the molecule is CC.CC.COc1ccc(C(NC2=CC(C)=CCN2)c2ccc3cccnc3c2O)c(OC)c1OC.Oc1c(CN2CCCC2)cc(COCc2ccccc2)c2cccnc12. The Morgan fingerprint density at radius 1 is 0.726 bits per heavy atom. The standard InChI is InChI=1S/C25H27N3O4.C22H24N2O2.2C2H6/c1-15-11-13-26-20(14-15)28-22(17-8-7-16-6-5-12-27-21(16)23(17)29)18-9-10-19(30-2)25(32-4)24(18)31-3;25-22-18(14-24-11-4-5-12-24)13-19(20-9-6-10-23-21(20)22)16-26-15-17-7-2-1-3-8-17;2*1-2/h5-12,14,22,26,28-29H,13H2,1-4H3;1-3,6-10,13,25H,4-5,11-12,14-16H2;2*1-2H3. The first kappa shape index (κ1) is 46.8. The lowest BCUT2D eigenvalue weighted by atomic mass is 9.94. The highest BCUT2D eigenvalue weighted by Gasteiger charge is 2.27. The van der Waals surface area contributed by atoms with Gasteiger partial charge in [0, 0.05) is 52.9 Å². The van der Waals surface area contributed by atoms with E-state index in [-0.39, 0.29) is 5.75 Å². The van der Waals surface area contributed by atoms with Crippen LogP contribution in [-0.2, 0) is 24.5 Å². The van der Waals surface area contributed by atoms with Gasteiger partial charge in [0.25, 0.3) is 0 Å². The van der Waals surface area contributed by atoms with E-state index >= 15 is 0 Å². The summed E-state index contributed by atoms with van der Waals surface area (Å²) in [5.41, 5.74) is 6.98. The van der Waals surface area contributed by atoms with Gasteiger partial charge in [0.1, 0.15) is 22.5 Å². The van der Waals surface area contributed by atoms with Gasteiger partial charge in [0.05, 0.1) is 46.4 Å². The number of hydrogen-bond acceptors (Lipinski definition) is 11. The number of rotatable bonds is 13. The molecule has 1 fully saturated rings. The first-order valence-corrected chi connectivity index (χ1v) is 21.5. The van der Waals surface area contributed by atoms with E-state index in [9.17, 15) is 10.2 Å². The zero-order valence-corrected chi connectivity index (χ0v) is 37.5. The fourth-order valence-electron chi connectivity index (χ4n) is 7.60. The molecule has 4 aromatic carbocycles. The molecule has 2 aliphatic rings. The number of pyridine rings is 2. The quantitative estimate of drug-likeness (QED) is 0.0887. The highest BCUT2D eigenvalue weighted by molar-refractivity contribution is 5.88. The van der Waals surface area contributed by atoms with Crippen LogP contribution in [0.25, 0.3) is 21.8 Å². The molecule has 1 atom stereocenters. The molecule has 0 aliphatic carbocycles. The summed E-state index contributed by atoms with van der Waals surface area (Å²) < 4.78 is 22.8. The number of nitrogens with zero attached hydrogens (tertiary/aromatic N) is 3. The molecule has 0 bridgehead atoms. The summed E-state index contributed by atoms with van der Waals surface area (Å²) in [5, 5.41) is 30.6. The van der Waals surface area contributed by atoms with Crippen LogP contribution in [0.3, 0.4) is 0 Å². The number of aromatic nitrogens is 2. The monoisotopic (exact) mass is 841 g/mol. The Labute approximate surface area is 367 Å². The number of phenolic OH excluding ortho intramolecular Hbond substituents is 2. The predicted octanol–water partition coefficient (Wildman–Crippen LogP) is 10.3. The highest BCUT2D eigenvalue weighted by atomic mass is 16.5.